The number of nitrogens with one attached hydrogen (secondary N) is 1. The third-order valence-electron chi connectivity index (χ3n) is 1.46. The van der Waals surface area contributed by atoms with Crippen molar-refractivity contribution in [2.45, 2.75) is 18.6 Å². The number of nitrogens with zero attached hydrogens (tertiary/aromatic N) is 2. The highest BCUT2D eigenvalue weighted by molar-refractivity contribution is 7.99. The minimum atomic E-state index is 0.396. The van der Waals surface area contributed by atoms with Crippen LogP contribution in [0.15, 0.2) is 11.1 Å². The lowest BCUT2D eigenvalue weighted by atomic mass is 10.5. The molecule has 0 spiro atoms. The van der Waals surface area contributed by atoms with E-state index in [1.54, 1.807) is 18.9 Å². The van der Waals surface area contributed by atoms with Gasteiger partial charge in [0.25, 0.3) is 0 Å². The van der Waals surface area contributed by atoms with Crippen LogP contribution in [0.2, 0.25) is 0 Å². The van der Waals surface area contributed by atoms with Crippen molar-refractivity contribution in [1.29, 1.82) is 0 Å². The number of thioether (sulfide) groups is 1. The van der Waals surface area contributed by atoms with E-state index in [4.69, 9.17) is 10.6 Å². The van der Waals surface area contributed by atoms with Gasteiger partial charge in [-0.05, 0) is 5.75 Å². The minimum Gasteiger partial charge on any atom is -0.377 e. The van der Waals surface area contributed by atoms with Crippen molar-refractivity contribution in [3.05, 3.63) is 11.9 Å². The SMILES string of the molecule is CCSc1cc(NN)nc(COC)n1. The van der Waals surface area contributed by atoms with Crippen LogP contribution in [0.25, 0.3) is 0 Å². The lowest BCUT2D eigenvalue weighted by molar-refractivity contribution is 0.177. The number of hydrogen-bond donors (Lipinski definition) is 2. The standard InChI is InChI=1S/C8H14N4OS/c1-3-14-8-4-6(12-9)10-7(11-8)5-13-2/h4H,3,5,9H2,1-2H3,(H,10,11,12). The van der Waals surface area contributed by atoms with Crippen LogP contribution in [0.4, 0.5) is 5.82 Å². The summed E-state index contributed by atoms with van der Waals surface area (Å²) in [5, 5.41) is 0.905. The number of hydrazine groups is 1. The predicted molar refractivity (Wildman–Crippen MR) is 57.0 cm³/mol. The topological polar surface area (TPSA) is 73.1 Å². The van der Waals surface area contributed by atoms with Crippen molar-refractivity contribution in [2.24, 2.45) is 5.84 Å². The molecule has 1 heterocycles. The molecule has 1 aromatic rings. The van der Waals surface area contributed by atoms with E-state index < -0.39 is 0 Å². The Hall–Kier alpha value is -0.850. The summed E-state index contributed by atoms with van der Waals surface area (Å²) >= 11 is 1.64. The first kappa shape index (κ1) is 11.2. The Labute approximate surface area is 87.4 Å². The zero-order valence-electron chi connectivity index (χ0n) is 8.28. The molecule has 0 fully saturated rings. The second kappa shape index (κ2) is 5.79. The van der Waals surface area contributed by atoms with Gasteiger partial charge in [-0.15, -0.1) is 11.8 Å². The molecule has 78 valence electrons. The molecule has 1 rings (SSSR count). The molecule has 0 unspecified atom stereocenters. The Morgan fingerprint density at radius 1 is 1.57 bits per heavy atom. The summed E-state index contributed by atoms with van der Waals surface area (Å²) in [6, 6.07) is 1.81. The third-order valence-corrected chi connectivity index (χ3v) is 2.26. The highest BCUT2D eigenvalue weighted by Crippen LogP contribution is 2.17. The third kappa shape index (κ3) is 3.13. The number of anilines is 1. The smallest absolute Gasteiger partial charge is 0.157 e. The molecule has 0 saturated carbocycles. The maximum Gasteiger partial charge on any atom is 0.157 e. The number of rotatable bonds is 5. The Balaban J connectivity index is 2.88. The fraction of sp³-hybridized carbons (Fsp3) is 0.500. The van der Waals surface area contributed by atoms with E-state index in [-0.39, 0.29) is 0 Å². The van der Waals surface area contributed by atoms with Gasteiger partial charge in [0.15, 0.2) is 5.82 Å². The quantitative estimate of drug-likeness (QED) is 0.330. The first-order valence-electron chi connectivity index (χ1n) is 4.26. The molecule has 0 radical (unpaired) electrons. The van der Waals surface area contributed by atoms with E-state index in [0.29, 0.717) is 18.2 Å². The lowest BCUT2D eigenvalue weighted by Crippen LogP contribution is -2.11. The molecule has 14 heavy (non-hydrogen) atoms. The summed E-state index contributed by atoms with van der Waals surface area (Å²) in [6.45, 7) is 2.46. The molecule has 0 saturated heterocycles. The number of aromatic nitrogens is 2. The Morgan fingerprint density at radius 2 is 2.36 bits per heavy atom. The van der Waals surface area contributed by atoms with E-state index >= 15 is 0 Å². The van der Waals surface area contributed by atoms with E-state index in [1.807, 2.05) is 6.07 Å². The summed E-state index contributed by atoms with van der Waals surface area (Å²) in [5.41, 5.74) is 2.50. The van der Waals surface area contributed by atoms with Gasteiger partial charge in [-0.3, -0.25) is 0 Å². The molecule has 0 aromatic carbocycles. The normalized spacial score (nSPS) is 10.2. The van der Waals surface area contributed by atoms with Gasteiger partial charge in [0, 0.05) is 13.2 Å². The Kier molecular flexibility index (Phi) is 4.64. The molecule has 1 aromatic heterocycles. The first-order chi connectivity index (χ1) is 6.80. The maximum atomic E-state index is 5.29. The highest BCUT2D eigenvalue weighted by atomic mass is 32.2. The van der Waals surface area contributed by atoms with Crippen molar-refractivity contribution in [3.63, 3.8) is 0 Å². The summed E-state index contributed by atoms with van der Waals surface area (Å²) in [6.07, 6.45) is 0. The van der Waals surface area contributed by atoms with Crippen LogP contribution in [0.3, 0.4) is 0 Å². The molecule has 0 aliphatic rings. The zero-order chi connectivity index (χ0) is 10.4. The largest absolute Gasteiger partial charge is 0.377 e. The molecule has 0 aliphatic heterocycles. The number of nitrogen functional groups attached to an aromatic ring is 1. The van der Waals surface area contributed by atoms with Crippen molar-refractivity contribution in [3.8, 4) is 0 Å². The van der Waals surface area contributed by atoms with Crippen LogP contribution in [0.5, 0.6) is 0 Å². The summed E-state index contributed by atoms with van der Waals surface area (Å²) in [4.78, 5) is 8.43. The molecule has 3 N–H and O–H groups in total. The highest BCUT2D eigenvalue weighted by Gasteiger charge is 2.03. The van der Waals surface area contributed by atoms with Crippen LogP contribution < -0.4 is 11.3 Å². The van der Waals surface area contributed by atoms with Crippen molar-refractivity contribution in [1.82, 2.24) is 9.97 Å². The zero-order valence-corrected chi connectivity index (χ0v) is 9.10. The van der Waals surface area contributed by atoms with Crippen LogP contribution in [-0.4, -0.2) is 22.8 Å². The molecule has 0 bridgehead atoms. The van der Waals surface area contributed by atoms with Crippen molar-refractivity contribution >= 4 is 17.6 Å². The van der Waals surface area contributed by atoms with Gasteiger partial charge in [0.1, 0.15) is 17.5 Å². The molecule has 6 heteroatoms. The summed E-state index contributed by atoms with van der Waals surface area (Å²) in [7, 11) is 1.61. The molecule has 0 atom stereocenters. The second-order valence-corrected chi connectivity index (χ2v) is 3.80. The fourth-order valence-corrected chi connectivity index (χ4v) is 1.62. The van der Waals surface area contributed by atoms with Crippen LogP contribution in [-0.2, 0) is 11.3 Å². The average Bonchev–Trinajstić information content (AvgIpc) is 2.18. The van der Waals surface area contributed by atoms with Gasteiger partial charge in [-0.1, -0.05) is 6.92 Å². The Morgan fingerprint density at radius 3 is 2.93 bits per heavy atom. The van der Waals surface area contributed by atoms with Crippen molar-refractivity contribution in [2.75, 3.05) is 18.3 Å². The van der Waals surface area contributed by atoms with E-state index in [9.17, 15) is 0 Å². The summed E-state index contributed by atoms with van der Waals surface area (Å²) in [5.74, 6) is 7.51. The van der Waals surface area contributed by atoms with Gasteiger partial charge < -0.3 is 10.2 Å². The first-order valence-corrected chi connectivity index (χ1v) is 5.25. The number of methoxy groups -OCH3 is 1. The van der Waals surface area contributed by atoms with Crippen LogP contribution >= 0.6 is 11.8 Å². The van der Waals surface area contributed by atoms with E-state index in [2.05, 4.69) is 22.3 Å². The molecule has 0 aliphatic carbocycles. The maximum absolute atomic E-state index is 5.29. The lowest BCUT2D eigenvalue weighted by Gasteiger charge is -2.05. The van der Waals surface area contributed by atoms with Crippen LogP contribution in [0.1, 0.15) is 12.7 Å². The van der Waals surface area contributed by atoms with Crippen LogP contribution in [0, 0.1) is 0 Å². The number of nitrogens with two attached hydrogens (primary N) is 1. The number of ether oxygens (including phenoxy) is 1. The molecule has 5 nitrogen and oxygen atoms in total. The average molecular weight is 214 g/mol. The molecular weight excluding hydrogens is 200 g/mol. The number of hydrogen-bond acceptors (Lipinski definition) is 6. The summed E-state index contributed by atoms with van der Waals surface area (Å²) < 4.78 is 4.96. The van der Waals surface area contributed by atoms with E-state index in [0.717, 1.165) is 10.8 Å². The molecular formula is C8H14N4OS. The van der Waals surface area contributed by atoms with Crippen molar-refractivity contribution < 1.29 is 4.74 Å². The van der Waals surface area contributed by atoms with E-state index in [1.165, 1.54) is 0 Å². The monoisotopic (exact) mass is 214 g/mol. The Bertz CT molecular complexity index is 270. The predicted octanol–water partition coefficient (Wildman–Crippen LogP) is 1.02. The molecule has 0 amide bonds. The van der Waals surface area contributed by atoms with Gasteiger partial charge >= 0.3 is 0 Å². The van der Waals surface area contributed by atoms with Gasteiger partial charge in [0.2, 0.25) is 0 Å². The van der Waals surface area contributed by atoms with Gasteiger partial charge in [-0.2, -0.15) is 0 Å². The van der Waals surface area contributed by atoms with Gasteiger partial charge in [0.05, 0.1) is 0 Å². The minimum absolute atomic E-state index is 0.396. The van der Waals surface area contributed by atoms with Gasteiger partial charge in [-0.25, -0.2) is 15.8 Å². The fourth-order valence-electron chi connectivity index (χ4n) is 0.962. The second-order valence-electron chi connectivity index (χ2n) is 2.52.